The highest BCUT2D eigenvalue weighted by Crippen LogP contribution is 2.30. The molecule has 0 spiro atoms. The average molecular weight is 315 g/mol. The minimum absolute atomic E-state index is 0.0142. The lowest BCUT2D eigenvalue weighted by molar-refractivity contribution is -0.386. The summed E-state index contributed by atoms with van der Waals surface area (Å²) < 4.78 is 5.40. The van der Waals surface area contributed by atoms with E-state index < -0.39 is 11.0 Å². The van der Waals surface area contributed by atoms with Crippen LogP contribution in [0.25, 0.3) is 0 Å². The summed E-state index contributed by atoms with van der Waals surface area (Å²) >= 11 is 5.81. The molecule has 1 rings (SSSR count). The van der Waals surface area contributed by atoms with Crippen molar-refractivity contribution in [3.63, 3.8) is 0 Å². The van der Waals surface area contributed by atoms with Gasteiger partial charge in [0.05, 0.1) is 4.92 Å². The van der Waals surface area contributed by atoms with Crippen LogP contribution >= 0.6 is 11.6 Å². The SMILES string of the molecule is CCC(CC)NC(=O)C(C)Oc1cc(Cl)ccc1[N+](=O)[O-]. The molecule has 1 amide bonds. The molecule has 1 atom stereocenters. The number of hydrogen-bond donors (Lipinski definition) is 1. The number of hydrogen-bond acceptors (Lipinski definition) is 4. The maximum absolute atomic E-state index is 12.0. The highest BCUT2D eigenvalue weighted by Gasteiger charge is 2.22. The summed E-state index contributed by atoms with van der Waals surface area (Å²) in [5.74, 6) is -0.322. The number of carbonyl (C=O) groups excluding carboxylic acids is 1. The molecule has 116 valence electrons. The number of nitrogens with zero attached hydrogens (tertiary/aromatic N) is 1. The van der Waals surface area contributed by atoms with Gasteiger partial charge in [-0.1, -0.05) is 25.4 Å². The van der Waals surface area contributed by atoms with Crippen molar-refractivity contribution in [1.82, 2.24) is 5.32 Å². The second-order valence-corrected chi connectivity index (χ2v) is 5.09. The maximum Gasteiger partial charge on any atom is 0.311 e. The summed E-state index contributed by atoms with van der Waals surface area (Å²) in [4.78, 5) is 22.4. The Bertz CT molecular complexity index is 518. The fraction of sp³-hybridized carbons (Fsp3) is 0.500. The molecule has 0 heterocycles. The Morgan fingerprint density at radius 1 is 1.43 bits per heavy atom. The second-order valence-electron chi connectivity index (χ2n) is 4.65. The van der Waals surface area contributed by atoms with Gasteiger partial charge in [0.1, 0.15) is 0 Å². The molecule has 1 aromatic rings. The molecule has 0 saturated carbocycles. The van der Waals surface area contributed by atoms with Crippen LogP contribution in [0.5, 0.6) is 5.75 Å². The van der Waals surface area contributed by atoms with Gasteiger partial charge < -0.3 is 10.1 Å². The molecule has 0 radical (unpaired) electrons. The number of carbonyl (C=O) groups is 1. The van der Waals surface area contributed by atoms with E-state index in [2.05, 4.69) is 5.32 Å². The van der Waals surface area contributed by atoms with Crippen molar-refractivity contribution in [3.8, 4) is 5.75 Å². The van der Waals surface area contributed by atoms with Crippen LogP contribution in [0.4, 0.5) is 5.69 Å². The third kappa shape index (κ3) is 4.90. The number of amides is 1. The third-order valence-corrected chi connectivity index (χ3v) is 3.36. The summed E-state index contributed by atoms with van der Waals surface area (Å²) in [6, 6.07) is 4.06. The Kier molecular flexibility index (Phi) is 6.42. The molecule has 21 heavy (non-hydrogen) atoms. The molecular weight excluding hydrogens is 296 g/mol. The van der Waals surface area contributed by atoms with Gasteiger partial charge in [-0.15, -0.1) is 0 Å². The van der Waals surface area contributed by atoms with Gasteiger partial charge in [0, 0.05) is 23.2 Å². The zero-order valence-electron chi connectivity index (χ0n) is 12.3. The number of halogens is 1. The van der Waals surface area contributed by atoms with E-state index in [0.717, 1.165) is 12.8 Å². The van der Waals surface area contributed by atoms with Crippen molar-refractivity contribution in [2.45, 2.75) is 45.8 Å². The molecule has 0 bridgehead atoms. The van der Waals surface area contributed by atoms with Crippen LogP contribution in [0.1, 0.15) is 33.6 Å². The molecule has 0 saturated heterocycles. The summed E-state index contributed by atoms with van der Waals surface area (Å²) in [5, 5.41) is 14.1. The quantitative estimate of drug-likeness (QED) is 0.618. The number of rotatable bonds is 7. The van der Waals surface area contributed by atoms with Crippen LogP contribution in [-0.2, 0) is 4.79 Å². The standard InChI is InChI=1S/C14H19ClN2O4/c1-4-11(5-2)16-14(18)9(3)21-13-8-10(15)6-7-12(13)17(19)20/h6-9,11H,4-5H2,1-3H3,(H,16,18). The predicted molar refractivity (Wildman–Crippen MR) is 80.7 cm³/mol. The fourth-order valence-corrected chi connectivity index (χ4v) is 1.95. The fourth-order valence-electron chi connectivity index (χ4n) is 1.79. The molecule has 7 heteroatoms. The summed E-state index contributed by atoms with van der Waals surface area (Å²) in [6.45, 7) is 5.49. The van der Waals surface area contributed by atoms with E-state index in [0.29, 0.717) is 5.02 Å². The van der Waals surface area contributed by atoms with Crippen LogP contribution in [-0.4, -0.2) is 23.0 Å². The molecule has 0 aliphatic rings. The van der Waals surface area contributed by atoms with Gasteiger partial charge in [-0.05, 0) is 25.8 Å². The van der Waals surface area contributed by atoms with Crippen LogP contribution in [0, 0.1) is 10.1 Å². The van der Waals surface area contributed by atoms with Crippen molar-refractivity contribution in [3.05, 3.63) is 33.3 Å². The lowest BCUT2D eigenvalue weighted by atomic mass is 10.1. The van der Waals surface area contributed by atoms with Gasteiger partial charge >= 0.3 is 5.69 Å². The van der Waals surface area contributed by atoms with Crippen LogP contribution in [0.15, 0.2) is 18.2 Å². The van der Waals surface area contributed by atoms with E-state index in [-0.39, 0.29) is 23.4 Å². The zero-order chi connectivity index (χ0) is 16.0. The first-order valence-corrected chi connectivity index (χ1v) is 7.17. The number of ether oxygens (including phenoxy) is 1. The van der Waals surface area contributed by atoms with Crippen LogP contribution in [0.3, 0.4) is 0 Å². The third-order valence-electron chi connectivity index (χ3n) is 3.12. The van der Waals surface area contributed by atoms with E-state index in [1.165, 1.54) is 18.2 Å². The smallest absolute Gasteiger partial charge is 0.311 e. The second kappa shape index (κ2) is 7.83. The number of nitro benzene ring substituents is 1. The minimum atomic E-state index is -0.845. The molecule has 1 N–H and O–H groups in total. The van der Waals surface area contributed by atoms with Crippen molar-refractivity contribution in [2.24, 2.45) is 0 Å². The largest absolute Gasteiger partial charge is 0.474 e. The molecule has 6 nitrogen and oxygen atoms in total. The van der Waals surface area contributed by atoms with E-state index >= 15 is 0 Å². The van der Waals surface area contributed by atoms with E-state index in [1.807, 2.05) is 13.8 Å². The van der Waals surface area contributed by atoms with Gasteiger partial charge in [0.15, 0.2) is 11.9 Å². The Hall–Kier alpha value is -1.82. The molecule has 0 aliphatic heterocycles. The average Bonchev–Trinajstić information content (AvgIpc) is 2.44. The van der Waals surface area contributed by atoms with Crippen molar-refractivity contribution in [1.29, 1.82) is 0 Å². The molecule has 0 aliphatic carbocycles. The molecule has 0 fully saturated rings. The Labute approximate surface area is 128 Å². The van der Waals surface area contributed by atoms with Gasteiger partial charge in [-0.2, -0.15) is 0 Å². The monoisotopic (exact) mass is 314 g/mol. The van der Waals surface area contributed by atoms with Crippen LogP contribution in [0.2, 0.25) is 5.02 Å². The van der Waals surface area contributed by atoms with Crippen molar-refractivity contribution >= 4 is 23.2 Å². The van der Waals surface area contributed by atoms with E-state index in [9.17, 15) is 14.9 Å². The highest BCUT2D eigenvalue weighted by molar-refractivity contribution is 6.30. The number of nitro groups is 1. The molecule has 1 unspecified atom stereocenters. The van der Waals surface area contributed by atoms with Crippen molar-refractivity contribution in [2.75, 3.05) is 0 Å². The Balaban J connectivity index is 2.83. The normalized spacial score (nSPS) is 12.0. The topological polar surface area (TPSA) is 81.5 Å². The first-order valence-electron chi connectivity index (χ1n) is 6.80. The highest BCUT2D eigenvalue weighted by atomic mass is 35.5. The van der Waals surface area contributed by atoms with E-state index in [4.69, 9.17) is 16.3 Å². The molecular formula is C14H19ClN2O4. The Morgan fingerprint density at radius 3 is 2.57 bits per heavy atom. The van der Waals surface area contributed by atoms with Gasteiger partial charge in [-0.3, -0.25) is 14.9 Å². The van der Waals surface area contributed by atoms with Gasteiger partial charge in [0.2, 0.25) is 0 Å². The first kappa shape index (κ1) is 17.2. The number of nitrogens with one attached hydrogen (secondary N) is 1. The minimum Gasteiger partial charge on any atom is -0.474 e. The molecule has 0 aromatic heterocycles. The number of benzene rings is 1. The lowest BCUT2D eigenvalue weighted by Gasteiger charge is -2.19. The lowest BCUT2D eigenvalue weighted by Crippen LogP contribution is -2.42. The summed E-state index contributed by atoms with van der Waals surface area (Å²) in [7, 11) is 0. The first-order chi connectivity index (χ1) is 9.88. The Morgan fingerprint density at radius 2 is 2.05 bits per heavy atom. The summed E-state index contributed by atoms with van der Waals surface area (Å²) in [6.07, 6.45) is 0.779. The predicted octanol–water partition coefficient (Wildman–Crippen LogP) is 3.32. The van der Waals surface area contributed by atoms with Crippen molar-refractivity contribution < 1.29 is 14.5 Å². The zero-order valence-corrected chi connectivity index (χ0v) is 13.0. The van der Waals surface area contributed by atoms with E-state index in [1.54, 1.807) is 6.92 Å². The summed E-state index contributed by atoms with van der Waals surface area (Å²) in [5.41, 5.74) is -0.221. The maximum atomic E-state index is 12.0. The van der Waals surface area contributed by atoms with Crippen LogP contribution < -0.4 is 10.1 Å². The van der Waals surface area contributed by atoms with Gasteiger partial charge in [0.25, 0.3) is 5.91 Å². The molecule has 1 aromatic carbocycles. The van der Waals surface area contributed by atoms with Gasteiger partial charge in [-0.25, -0.2) is 0 Å².